The van der Waals surface area contributed by atoms with Gasteiger partial charge in [-0.15, -0.1) is 0 Å². The maximum Gasteiger partial charge on any atom is 0.323 e. The predicted octanol–water partition coefficient (Wildman–Crippen LogP) is -2.52. The SMILES string of the molecule is CN(CCS(C)(=O)=O)C(=O)C(=O)NN. The number of hydrogen-bond donors (Lipinski definition) is 2. The van der Waals surface area contributed by atoms with Crippen LogP contribution in [0.4, 0.5) is 0 Å². The lowest BCUT2D eigenvalue weighted by molar-refractivity contribution is -0.144. The largest absolute Gasteiger partial charge is 0.336 e. The van der Waals surface area contributed by atoms with Crippen LogP contribution < -0.4 is 11.3 Å². The standard InChI is InChI=1S/C6H13N3O4S/c1-9(3-4-14(2,12)13)6(11)5(10)8-7/h3-4,7H2,1-2H3,(H,8,10). The van der Waals surface area contributed by atoms with Crippen LogP contribution in [0, 0.1) is 0 Å². The molecule has 0 rings (SSSR count). The van der Waals surface area contributed by atoms with Gasteiger partial charge in [0.25, 0.3) is 0 Å². The molecular weight excluding hydrogens is 210 g/mol. The zero-order valence-electron chi connectivity index (χ0n) is 7.98. The van der Waals surface area contributed by atoms with Gasteiger partial charge in [0.2, 0.25) is 0 Å². The van der Waals surface area contributed by atoms with Crippen LogP contribution >= 0.6 is 0 Å². The summed E-state index contributed by atoms with van der Waals surface area (Å²) in [5.74, 6) is 2.70. The van der Waals surface area contributed by atoms with E-state index in [2.05, 4.69) is 0 Å². The lowest BCUT2D eigenvalue weighted by Crippen LogP contribution is -2.45. The average Bonchev–Trinajstić information content (AvgIpc) is 2.10. The van der Waals surface area contributed by atoms with E-state index in [0.29, 0.717) is 0 Å². The van der Waals surface area contributed by atoms with Crippen molar-refractivity contribution in [2.75, 3.05) is 25.6 Å². The molecule has 2 amide bonds. The Kier molecular flexibility index (Phi) is 4.51. The summed E-state index contributed by atoms with van der Waals surface area (Å²) in [5.41, 5.74) is 1.66. The molecule has 0 aromatic heterocycles. The van der Waals surface area contributed by atoms with Crippen molar-refractivity contribution in [1.82, 2.24) is 10.3 Å². The van der Waals surface area contributed by atoms with Crippen molar-refractivity contribution in [3.63, 3.8) is 0 Å². The summed E-state index contributed by atoms with van der Waals surface area (Å²) in [6.45, 7) is -0.0366. The number of amides is 2. The molecule has 0 saturated carbocycles. The molecule has 3 N–H and O–H groups in total. The van der Waals surface area contributed by atoms with E-state index in [1.165, 1.54) is 7.05 Å². The smallest absolute Gasteiger partial charge is 0.323 e. The van der Waals surface area contributed by atoms with Gasteiger partial charge in [-0.25, -0.2) is 14.3 Å². The monoisotopic (exact) mass is 223 g/mol. The highest BCUT2D eigenvalue weighted by molar-refractivity contribution is 7.90. The highest BCUT2D eigenvalue weighted by atomic mass is 32.2. The molecule has 0 aliphatic rings. The average molecular weight is 223 g/mol. The van der Waals surface area contributed by atoms with Crippen LogP contribution in [-0.4, -0.2) is 50.7 Å². The Morgan fingerprint density at radius 1 is 1.43 bits per heavy atom. The van der Waals surface area contributed by atoms with Gasteiger partial charge in [-0.3, -0.25) is 15.0 Å². The highest BCUT2D eigenvalue weighted by Gasteiger charge is 2.18. The minimum Gasteiger partial charge on any atom is -0.336 e. The fourth-order valence-corrected chi connectivity index (χ4v) is 1.24. The Morgan fingerprint density at radius 3 is 2.29 bits per heavy atom. The maximum absolute atomic E-state index is 11.0. The van der Waals surface area contributed by atoms with Gasteiger partial charge in [-0.2, -0.15) is 0 Å². The number of nitrogens with one attached hydrogen (secondary N) is 1. The number of nitrogens with zero attached hydrogens (tertiary/aromatic N) is 1. The quantitative estimate of drug-likeness (QED) is 0.237. The molecule has 0 spiro atoms. The molecule has 0 fully saturated rings. The van der Waals surface area contributed by atoms with Gasteiger partial charge in [0.15, 0.2) is 0 Å². The van der Waals surface area contributed by atoms with Crippen molar-refractivity contribution < 1.29 is 18.0 Å². The number of hydrogen-bond acceptors (Lipinski definition) is 5. The van der Waals surface area contributed by atoms with Gasteiger partial charge in [0.1, 0.15) is 9.84 Å². The molecule has 0 atom stereocenters. The first kappa shape index (κ1) is 12.8. The Balaban J connectivity index is 4.16. The molecule has 0 aliphatic heterocycles. The van der Waals surface area contributed by atoms with Gasteiger partial charge in [-0.05, 0) is 0 Å². The first-order chi connectivity index (χ1) is 6.28. The zero-order chi connectivity index (χ0) is 11.4. The zero-order valence-corrected chi connectivity index (χ0v) is 8.80. The molecule has 0 unspecified atom stereocenters. The molecule has 0 radical (unpaired) electrons. The van der Waals surface area contributed by atoms with Crippen molar-refractivity contribution in [2.45, 2.75) is 0 Å². The van der Waals surface area contributed by atoms with Crippen LogP contribution in [0.1, 0.15) is 0 Å². The van der Waals surface area contributed by atoms with E-state index in [4.69, 9.17) is 5.84 Å². The second-order valence-electron chi connectivity index (χ2n) is 2.83. The van der Waals surface area contributed by atoms with Gasteiger partial charge in [0, 0.05) is 19.8 Å². The molecule has 0 aromatic carbocycles. The molecule has 0 heterocycles. The van der Waals surface area contributed by atoms with Crippen molar-refractivity contribution in [2.24, 2.45) is 5.84 Å². The summed E-state index contributed by atoms with van der Waals surface area (Å²) in [4.78, 5) is 22.7. The lowest BCUT2D eigenvalue weighted by Gasteiger charge is -2.14. The second kappa shape index (κ2) is 4.91. The third kappa shape index (κ3) is 4.77. The Labute approximate surface area is 82.1 Å². The van der Waals surface area contributed by atoms with Crippen LogP contribution in [-0.2, 0) is 19.4 Å². The minimum absolute atomic E-state index is 0.0366. The summed E-state index contributed by atoms with van der Waals surface area (Å²) in [6.07, 6.45) is 1.05. The Bertz CT molecular complexity index is 324. The van der Waals surface area contributed by atoms with E-state index in [1.54, 1.807) is 5.43 Å². The number of nitrogens with two attached hydrogens (primary N) is 1. The summed E-state index contributed by atoms with van der Waals surface area (Å²) in [6, 6.07) is 0. The summed E-state index contributed by atoms with van der Waals surface area (Å²) < 4.78 is 21.5. The van der Waals surface area contributed by atoms with Crippen molar-refractivity contribution in [3.05, 3.63) is 0 Å². The Morgan fingerprint density at radius 2 is 1.93 bits per heavy atom. The van der Waals surface area contributed by atoms with Crippen LogP contribution in [0.15, 0.2) is 0 Å². The first-order valence-electron chi connectivity index (χ1n) is 3.71. The molecule has 14 heavy (non-hydrogen) atoms. The van der Waals surface area contributed by atoms with Crippen LogP contribution in [0.25, 0.3) is 0 Å². The molecule has 7 nitrogen and oxygen atoms in total. The third-order valence-electron chi connectivity index (χ3n) is 1.47. The van der Waals surface area contributed by atoms with E-state index in [-0.39, 0.29) is 12.3 Å². The van der Waals surface area contributed by atoms with Gasteiger partial charge < -0.3 is 4.90 Å². The van der Waals surface area contributed by atoms with Crippen LogP contribution in [0.5, 0.6) is 0 Å². The van der Waals surface area contributed by atoms with Gasteiger partial charge in [-0.1, -0.05) is 0 Å². The van der Waals surface area contributed by atoms with E-state index in [0.717, 1.165) is 11.2 Å². The summed E-state index contributed by atoms with van der Waals surface area (Å²) in [7, 11) is -1.82. The Hall–Kier alpha value is -1.15. The summed E-state index contributed by atoms with van der Waals surface area (Å²) in [5, 5.41) is 0. The predicted molar refractivity (Wildman–Crippen MR) is 49.7 cm³/mol. The number of carbonyl (C=O) groups excluding carboxylic acids is 2. The molecule has 8 heteroatoms. The van der Waals surface area contributed by atoms with E-state index < -0.39 is 21.7 Å². The van der Waals surface area contributed by atoms with Crippen molar-refractivity contribution in [1.29, 1.82) is 0 Å². The van der Waals surface area contributed by atoms with E-state index >= 15 is 0 Å². The van der Waals surface area contributed by atoms with E-state index in [1.807, 2.05) is 0 Å². The van der Waals surface area contributed by atoms with Crippen molar-refractivity contribution >= 4 is 21.7 Å². The fraction of sp³-hybridized carbons (Fsp3) is 0.667. The number of carbonyl (C=O) groups is 2. The molecule has 0 bridgehead atoms. The molecule has 0 aliphatic carbocycles. The van der Waals surface area contributed by atoms with Gasteiger partial charge in [0.05, 0.1) is 5.75 Å². The maximum atomic E-state index is 11.0. The molecule has 82 valence electrons. The second-order valence-corrected chi connectivity index (χ2v) is 5.09. The number of hydrazine groups is 1. The fourth-order valence-electron chi connectivity index (χ4n) is 0.639. The normalized spacial score (nSPS) is 10.8. The number of likely N-dealkylation sites (N-methyl/N-ethyl adjacent to an activating group) is 1. The van der Waals surface area contributed by atoms with Crippen LogP contribution in [0.3, 0.4) is 0 Å². The van der Waals surface area contributed by atoms with Gasteiger partial charge >= 0.3 is 11.8 Å². The summed E-state index contributed by atoms with van der Waals surface area (Å²) >= 11 is 0. The van der Waals surface area contributed by atoms with E-state index in [9.17, 15) is 18.0 Å². The molecule has 0 saturated heterocycles. The topological polar surface area (TPSA) is 110 Å². The molecule has 0 aromatic rings. The molecular formula is C6H13N3O4S. The highest BCUT2D eigenvalue weighted by Crippen LogP contribution is 1.89. The number of rotatable bonds is 3. The van der Waals surface area contributed by atoms with Crippen LogP contribution in [0.2, 0.25) is 0 Å². The first-order valence-corrected chi connectivity index (χ1v) is 5.77. The number of sulfone groups is 1. The minimum atomic E-state index is -3.14. The lowest BCUT2D eigenvalue weighted by atomic mass is 10.5. The third-order valence-corrected chi connectivity index (χ3v) is 2.39. The van der Waals surface area contributed by atoms with Crippen molar-refractivity contribution in [3.8, 4) is 0 Å².